The first-order valence-corrected chi connectivity index (χ1v) is 9.95. The van der Waals surface area contributed by atoms with Crippen molar-refractivity contribution in [1.82, 2.24) is 24.4 Å². The van der Waals surface area contributed by atoms with Gasteiger partial charge < -0.3 is 4.90 Å². The Morgan fingerprint density at radius 1 is 1.29 bits per heavy atom. The molecule has 2 aromatic heterocycles. The maximum Gasteiger partial charge on any atom is 0.278 e. The highest BCUT2D eigenvalue weighted by Crippen LogP contribution is 2.26. The lowest BCUT2D eigenvalue weighted by Crippen LogP contribution is -2.50. The van der Waals surface area contributed by atoms with Crippen molar-refractivity contribution in [1.29, 1.82) is 0 Å². The largest absolute Gasteiger partial charge is 0.335 e. The molecule has 3 heterocycles. The van der Waals surface area contributed by atoms with Crippen LogP contribution in [0.15, 0.2) is 22.9 Å². The van der Waals surface area contributed by atoms with Crippen LogP contribution in [0.5, 0.6) is 0 Å². The number of H-pyrrole nitrogens is 1. The van der Waals surface area contributed by atoms with Crippen LogP contribution >= 0.6 is 11.3 Å². The Bertz CT molecular complexity index is 805. The van der Waals surface area contributed by atoms with Crippen molar-refractivity contribution < 1.29 is 13.2 Å². The standard InChI is InChI=1S/C14H19N5O3S2/c1-10(2)11-3-8-23-12(11)13(20)18-4-6-19(7-5-18)24(21,22)14-15-9-16-17-14/h3,8-10H,4-7H2,1-2H3,(H,15,16,17). The van der Waals surface area contributed by atoms with Crippen LogP contribution in [0.3, 0.4) is 0 Å². The molecule has 1 aliphatic rings. The zero-order valence-electron chi connectivity index (χ0n) is 13.5. The summed E-state index contributed by atoms with van der Waals surface area (Å²) in [6, 6.07) is 1.98. The van der Waals surface area contributed by atoms with Crippen LogP contribution in [0.4, 0.5) is 0 Å². The van der Waals surface area contributed by atoms with E-state index in [4.69, 9.17) is 0 Å². The van der Waals surface area contributed by atoms with Crippen LogP contribution in [0.1, 0.15) is 35.0 Å². The van der Waals surface area contributed by atoms with Crippen molar-refractivity contribution >= 4 is 27.3 Å². The molecule has 8 nitrogen and oxygen atoms in total. The lowest BCUT2D eigenvalue weighted by atomic mass is 10.0. The van der Waals surface area contributed by atoms with E-state index >= 15 is 0 Å². The highest BCUT2D eigenvalue weighted by Gasteiger charge is 2.33. The smallest absolute Gasteiger partial charge is 0.278 e. The summed E-state index contributed by atoms with van der Waals surface area (Å²) in [5, 5.41) is 7.72. The summed E-state index contributed by atoms with van der Waals surface area (Å²) in [5.74, 6) is 0.258. The zero-order chi connectivity index (χ0) is 17.3. The van der Waals surface area contributed by atoms with Crippen LogP contribution in [-0.2, 0) is 10.0 Å². The number of piperazine rings is 1. The summed E-state index contributed by atoms with van der Waals surface area (Å²) in [6.45, 7) is 5.33. The van der Waals surface area contributed by atoms with Gasteiger partial charge in [0.2, 0.25) is 0 Å². The molecule has 1 fully saturated rings. The highest BCUT2D eigenvalue weighted by atomic mass is 32.2. The molecule has 0 unspecified atom stereocenters. The highest BCUT2D eigenvalue weighted by molar-refractivity contribution is 7.88. The molecule has 0 aliphatic carbocycles. The van der Waals surface area contributed by atoms with Gasteiger partial charge in [0.1, 0.15) is 6.33 Å². The second-order valence-corrected chi connectivity index (χ2v) is 8.62. The molecule has 0 aromatic carbocycles. The zero-order valence-corrected chi connectivity index (χ0v) is 15.1. The number of aromatic nitrogens is 3. The van der Waals surface area contributed by atoms with Gasteiger partial charge in [0.25, 0.3) is 21.1 Å². The third kappa shape index (κ3) is 3.08. The van der Waals surface area contributed by atoms with Gasteiger partial charge in [-0.15, -0.1) is 11.3 Å². The van der Waals surface area contributed by atoms with E-state index in [0.717, 1.165) is 16.8 Å². The maximum absolute atomic E-state index is 12.7. The Balaban J connectivity index is 1.69. The SMILES string of the molecule is CC(C)c1ccsc1C(=O)N1CCN(S(=O)(=O)c2ncn[nH]2)CC1. The first-order chi connectivity index (χ1) is 11.4. The fraction of sp³-hybridized carbons (Fsp3) is 0.500. The molecule has 1 saturated heterocycles. The van der Waals surface area contributed by atoms with Gasteiger partial charge >= 0.3 is 0 Å². The molecule has 0 atom stereocenters. The van der Waals surface area contributed by atoms with Crippen LogP contribution in [0.25, 0.3) is 0 Å². The first kappa shape index (κ1) is 17.1. The summed E-state index contributed by atoms with van der Waals surface area (Å²) >= 11 is 1.44. The molecular formula is C14H19N5O3S2. The van der Waals surface area contributed by atoms with E-state index < -0.39 is 10.0 Å². The number of nitrogens with zero attached hydrogens (tertiary/aromatic N) is 4. The Morgan fingerprint density at radius 2 is 2.00 bits per heavy atom. The Labute approximate surface area is 144 Å². The minimum atomic E-state index is -3.67. The van der Waals surface area contributed by atoms with Crippen LogP contribution < -0.4 is 0 Å². The van der Waals surface area contributed by atoms with E-state index in [1.807, 2.05) is 11.4 Å². The molecule has 1 amide bonds. The van der Waals surface area contributed by atoms with Crippen LogP contribution in [0.2, 0.25) is 0 Å². The Kier molecular flexibility index (Phi) is 4.70. The lowest BCUT2D eigenvalue weighted by molar-refractivity contribution is 0.0701. The second kappa shape index (κ2) is 6.61. The number of nitrogens with one attached hydrogen (secondary N) is 1. The van der Waals surface area contributed by atoms with E-state index in [0.29, 0.717) is 13.1 Å². The molecule has 0 bridgehead atoms. The third-order valence-electron chi connectivity index (χ3n) is 4.01. The average molecular weight is 369 g/mol. The molecule has 130 valence electrons. The number of rotatable bonds is 4. The van der Waals surface area contributed by atoms with E-state index in [9.17, 15) is 13.2 Å². The molecule has 24 heavy (non-hydrogen) atoms. The normalized spacial score (nSPS) is 16.7. The number of hydrogen-bond acceptors (Lipinski definition) is 6. The van der Waals surface area contributed by atoms with Gasteiger partial charge in [0.05, 0.1) is 4.88 Å². The summed E-state index contributed by atoms with van der Waals surface area (Å²) in [7, 11) is -3.67. The van der Waals surface area contributed by atoms with Gasteiger partial charge in [-0.3, -0.25) is 4.79 Å². The van der Waals surface area contributed by atoms with Crippen molar-refractivity contribution in [3.05, 3.63) is 28.2 Å². The third-order valence-corrected chi connectivity index (χ3v) is 6.66. The van der Waals surface area contributed by atoms with Gasteiger partial charge in [-0.05, 0) is 22.9 Å². The fourth-order valence-corrected chi connectivity index (χ4v) is 4.92. The predicted octanol–water partition coefficient (Wildman–Crippen LogP) is 1.14. The number of thiophene rings is 1. The van der Waals surface area contributed by atoms with Gasteiger partial charge in [-0.25, -0.2) is 18.5 Å². The predicted molar refractivity (Wildman–Crippen MR) is 89.5 cm³/mol. The molecule has 2 aromatic rings. The van der Waals surface area contributed by atoms with Crippen molar-refractivity contribution in [3.63, 3.8) is 0 Å². The topological polar surface area (TPSA) is 99.3 Å². The number of sulfonamides is 1. The number of carbonyl (C=O) groups excluding carboxylic acids is 1. The average Bonchev–Trinajstić information content (AvgIpc) is 3.25. The van der Waals surface area contributed by atoms with Gasteiger partial charge in [-0.2, -0.15) is 9.40 Å². The molecule has 0 saturated carbocycles. The molecule has 0 radical (unpaired) electrons. The summed E-state index contributed by atoms with van der Waals surface area (Å²) in [6.07, 6.45) is 1.16. The van der Waals surface area contributed by atoms with Gasteiger partial charge in [0.15, 0.2) is 0 Å². The second-order valence-electron chi connectivity index (χ2n) is 5.85. The molecule has 10 heteroatoms. The van der Waals surface area contributed by atoms with Crippen LogP contribution in [-0.4, -0.2) is 64.9 Å². The van der Waals surface area contributed by atoms with Gasteiger partial charge in [0, 0.05) is 26.2 Å². The molecule has 0 spiro atoms. The van der Waals surface area contributed by atoms with Crippen molar-refractivity contribution in [2.24, 2.45) is 0 Å². The summed E-state index contributed by atoms with van der Waals surface area (Å²) in [4.78, 5) is 18.9. The van der Waals surface area contributed by atoms with E-state index in [1.54, 1.807) is 4.90 Å². The van der Waals surface area contributed by atoms with Crippen molar-refractivity contribution in [2.45, 2.75) is 24.9 Å². The lowest BCUT2D eigenvalue weighted by Gasteiger charge is -2.33. The van der Waals surface area contributed by atoms with Crippen molar-refractivity contribution in [2.75, 3.05) is 26.2 Å². The fourth-order valence-electron chi connectivity index (χ4n) is 2.66. The number of aromatic amines is 1. The Hall–Kier alpha value is -1.78. The van der Waals surface area contributed by atoms with E-state index in [1.165, 1.54) is 15.6 Å². The molecular weight excluding hydrogens is 350 g/mol. The minimum absolute atomic E-state index is 0.0228. The molecule has 3 rings (SSSR count). The summed E-state index contributed by atoms with van der Waals surface area (Å²) in [5.41, 5.74) is 1.04. The number of amides is 1. The Morgan fingerprint density at radius 3 is 2.58 bits per heavy atom. The molecule has 1 N–H and O–H groups in total. The number of carbonyl (C=O) groups is 1. The minimum Gasteiger partial charge on any atom is -0.335 e. The number of hydrogen-bond donors (Lipinski definition) is 1. The van der Waals surface area contributed by atoms with Crippen molar-refractivity contribution in [3.8, 4) is 0 Å². The van der Waals surface area contributed by atoms with Gasteiger partial charge in [-0.1, -0.05) is 13.8 Å². The first-order valence-electron chi connectivity index (χ1n) is 7.63. The summed E-state index contributed by atoms with van der Waals surface area (Å²) < 4.78 is 26.1. The maximum atomic E-state index is 12.7. The van der Waals surface area contributed by atoms with E-state index in [2.05, 4.69) is 29.0 Å². The van der Waals surface area contributed by atoms with Crippen LogP contribution in [0, 0.1) is 0 Å². The molecule has 1 aliphatic heterocycles. The monoisotopic (exact) mass is 369 g/mol. The quantitative estimate of drug-likeness (QED) is 0.871. The van der Waals surface area contributed by atoms with E-state index in [-0.39, 0.29) is 30.1 Å².